The van der Waals surface area contributed by atoms with Gasteiger partial charge in [0.15, 0.2) is 0 Å². The van der Waals surface area contributed by atoms with E-state index in [4.69, 9.17) is 19.7 Å². The van der Waals surface area contributed by atoms with Crippen LogP contribution in [0.15, 0.2) is 54.6 Å². The van der Waals surface area contributed by atoms with E-state index >= 15 is 0 Å². The zero-order chi connectivity index (χ0) is 35.5. The molecule has 0 saturated carbocycles. The van der Waals surface area contributed by atoms with Crippen molar-refractivity contribution >= 4 is 50.1 Å². The number of hydrogen-bond donors (Lipinski definition) is 3. The molecule has 0 aliphatic rings. The molecular formula is C38H47N5O6S. The molecule has 266 valence electrons. The Balaban J connectivity index is 1.40. The number of hydroxylamine groups is 1. The number of benzene rings is 3. The van der Waals surface area contributed by atoms with Crippen molar-refractivity contribution in [2.75, 3.05) is 18.5 Å². The molecule has 3 N–H and O–H groups in total. The number of phenolic OH excluding ortho intramolecular Hbond substituents is 1. The highest BCUT2D eigenvalue weighted by Gasteiger charge is 2.28. The zero-order valence-corrected chi connectivity index (χ0v) is 29.9. The monoisotopic (exact) mass is 701 g/mol. The lowest BCUT2D eigenvalue weighted by Gasteiger charge is -2.22. The molecular weight excluding hydrogens is 655 g/mol. The molecule has 3 aromatic carbocycles. The van der Waals surface area contributed by atoms with Gasteiger partial charge in [0, 0.05) is 24.4 Å². The number of unbranched alkanes of at least 4 members (excludes halogenated alkanes) is 9. The number of aryl methyl sites for hydroxylation is 1. The first-order chi connectivity index (χ1) is 24.4. The number of anilines is 1. The largest absolute Gasteiger partial charge is 0.506 e. The first kappa shape index (κ1) is 36.8. The van der Waals surface area contributed by atoms with Crippen LogP contribution in [0.4, 0.5) is 10.5 Å². The fraction of sp³-hybridized carbons (Fsp3) is 0.421. The molecule has 0 atom stereocenters. The van der Waals surface area contributed by atoms with Gasteiger partial charge in [0.05, 0.1) is 33.8 Å². The number of ether oxygens (including phenoxy) is 1. The number of para-hydroxylation sites is 1. The number of aromatic nitrogens is 3. The van der Waals surface area contributed by atoms with E-state index in [1.807, 2.05) is 31.2 Å². The summed E-state index contributed by atoms with van der Waals surface area (Å²) in [5.41, 5.74) is 4.70. The van der Waals surface area contributed by atoms with Crippen LogP contribution in [0.3, 0.4) is 0 Å². The van der Waals surface area contributed by atoms with Crippen molar-refractivity contribution in [2.45, 2.75) is 91.1 Å². The molecule has 0 aliphatic carbocycles. The minimum absolute atomic E-state index is 0.0168. The molecule has 2 heterocycles. The van der Waals surface area contributed by atoms with Gasteiger partial charge in [-0.25, -0.2) is 14.6 Å². The number of nitrogens with one attached hydrogen (secondary N) is 1. The van der Waals surface area contributed by atoms with Crippen LogP contribution < -0.4 is 15.1 Å². The molecule has 5 aromatic rings. The number of hydrogen-bond acceptors (Lipinski definition) is 10. The molecule has 2 aromatic heterocycles. The number of fused-ring (bicyclic) bond motifs is 2. The first-order valence-corrected chi connectivity index (χ1v) is 18.4. The van der Waals surface area contributed by atoms with E-state index in [2.05, 4.69) is 12.4 Å². The summed E-state index contributed by atoms with van der Waals surface area (Å²) in [6.07, 6.45) is 12.0. The second-order valence-electron chi connectivity index (χ2n) is 12.2. The van der Waals surface area contributed by atoms with Crippen LogP contribution in [0, 0.1) is 0 Å². The van der Waals surface area contributed by atoms with Gasteiger partial charge < -0.3 is 19.8 Å². The minimum atomic E-state index is -0.739. The van der Waals surface area contributed by atoms with Crippen LogP contribution in [-0.2, 0) is 17.9 Å². The highest BCUT2D eigenvalue weighted by atomic mass is 32.1. The molecule has 0 aliphatic heterocycles. The molecule has 0 bridgehead atoms. The maximum absolute atomic E-state index is 14.0. The van der Waals surface area contributed by atoms with Gasteiger partial charge in [-0.15, -0.1) is 0 Å². The van der Waals surface area contributed by atoms with E-state index in [0.717, 1.165) is 29.5 Å². The van der Waals surface area contributed by atoms with Crippen LogP contribution >= 0.6 is 11.3 Å². The van der Waals surface area contributed by atoms with E-state index in [1.54, 1.807) is 24.3 Å². The Morgan fingerprint density at radius 2 is 1.62 bits per heavy atom. The Hall–Kier alpha value is -4.52. The Morgan fingerprint density at radius 3 is 2.30 bits per heavy atom. The second-order valence-corrected chi connectivity index (χ2v) is 13.2. The van der Waals surface area contributed by atoms with Gasteiger partial charge >= 0.3 is 12.1 Å². The summed E-state index contributed by atoms with van der Waals surface area (Å²) >= 11 is 1.42. The molecule has 0 radical (unpaired) electrons. The van der Waals surface area contributed by atoms with Crippen molar-refractivity contribution in [3.05, 3.63) is 71.4 Å². The number of aromatic hydroxyl groups is 1. The maximum atomic E-state index is 14.0. The molecule has 12 heteroatoms. The summed E-state index contributed by atoms with van der Waals surface area (Å²) in [7, 11) is 1.45. The fourth-order valence-corrected chi connectivity index (χ4v) is 7.13. The molecule has 1 amide bonds. The number of rotatable bonds is 18. The molecule has 0 spiro atoms. The van der Waals surface area contributed by atoms with Gasteiger partial charge in [-0.3, -0.25) is 4.90 Å². The minimum Gasteiger partial charge on any atom is -0.506 e. The Bertz CT molecular complexity index is 1870. The number of phenols is 1. The average Bonchev–Trinajstić information content (AvgIpc) is 3.70. The van der Waals surface area contributed by atoms with Gasteiger partial charge in [0.1, 0.15) is 11.3 Å². The number of carbonyl (C=O) groups excluding carboxylic acids is 2. The van der Waals surface area contributed by atoms with Crippen LogP contribution in [-0.4, -0.2) is 50.6 Å². The summed E-state index contributed by atoms with van der Waals surface area (Å²) in [6, 6.07) is 15.9. The standard InChI is InChI=1S/C38H47N5O6S/c1-4-6-7-8-9-10-11-12-13-14-19-30-29(25-44)35(43(41-30)37-40-31-20-15-16-22-33(31)50-37)48-38(47)42(5-2)32-21-17-18-27-26(32)23-24-28(34(27)45)36(46)49-39-3/h15-18,20-24,39,44-45H,4-14,19,25H2,1-3H3. The lowest BCUT2D eigenvalue weighted by molar-refractivity contribution is 0.0307. The van der Waals surface area contributed by atoms with Crippen molar-refractivity contribution in [1.29, 1.82) is 0 Å². The van der Waals surface area contributed by atoms with Gasteiger partial charge in [0.2, 0.25) is 11.0 Å². The third-order valence-electron chi connectivity index (χ3n) is 8.84. The number of nitrogens with zero attached hydrogens (tertiary/aromatic N) is 4. The molecule has 5 rings (SSSR count). The van der Waals surface area contributed by atoms with E-state index in [1.165, 1.54) is 79.0 Å². The van der Waals surface area contributed by atoms with E-state index in [9.17, 15) is 19.8 Å². The summed E-state index contributed by atoms with van der Waals surface area (Å²) in [4.78, 5) is 37.4. The first-order valence-electron chi connectivity index (χ1n) is 17.6. The number of aliphatic hydroxyl groups excluding tert-OH is 1. The summed E-state index contributed by atoms with van der Waals surface area (Å²) in [6.45, 7) is 3.92. The predicted molar refractivity (Wildman–Crippen MR) is 197 cm³/mol. The van der Waals surface area contributed by atoms with Crippen molar-refractivity contribution < 1.29 is 29.4 Å². The van der Waals surface area contributed by atoms with E-state index in [0.29, 0.717) is 39.3 Å². The zero-order valence-electron chi connectivity index (χ0n) is 29.1. The van der Waals surface area contributed by atoms with E-state index in [-0.39, 0.29) is 30.3 Å². The second kappa shape index (κ2) is 17.9. The number of thiazole rings is 1. The Labute approximate surface area is 296 Å². The van der Waals surface area contributed by atoms with Gasteiger partial charge in [0.25, 0.3) is 0 Å². The normalized spacial score (nSPS) is 11.4. The Morgan fingerprint density at radius 1 is 0.900 bits per heavy atom. The third-order valence-corrected chi connectivity index (χ3v) is 9.86. The molecule has 11 nitrogen and oxygen atoms in total. The smallest absolute Gasteiger partial charge is 0.421 e. The van der Waals surface area contributed by atoms with Crippen LogP contribution in [0.5, 0.6) is 11.6 Å². The highest BCUT2D eigenvalue weighted by Crippen LogP contribution is 2.37. The molecule has 0 unspecified atom stereocenters. The van der Waals surface area contributed by atoms with Crippen LogP contribution in [0.1, 0.15) is 99.7 Å². The molecule has 0 fully saturated rings. The van der Waals surface area contributed by atoms with Crippen molar-refractivity contribution in [3.8, 4) is 16.8 Å². The lowest BCUT2D eigenvalue weighted by atomic mass is 10.0. The summed E-state index contributed by atoms with van der Waals surface area (Å²) < 4.78 is 8.62. The molecule has 50 heavy (non-hydrogen) atoms. The van der Waals surface area contributed by atoms with Crippen LogP contribution in [0.25, 0.3) is 26.1 Å². The van der Waals surface area contributed by atoms with E-state index < -0.39 is 12.1 Å². The SMILES string of the molecule is CCCCCCCCCCCCc1nn(-c2nc3ccccc3s2)c(OC(=O)N(CC)c2cccc3c(O)c(C(=O)ONC)ccc23)c1CO. The fourth-order valence-electron chi connectivity index (χ4n) is 6.21. The molecule has 0 saturated heterocycles. The quantitative estimate of drug-likeness (QED) is 0.0605. The number of amides is 1. The van der Waals surface area contributed by atoms with Gasteiger partial charge in [-0.2, -0.15) is 15.3 Å². The summed E-state index contributed by atoms with van der Waals surface area (Å²) in [5.74, 6) is -0.878. The maximum Gasteiger partial charge on any atom is 0.421 e. The van der Waals surface area contributed by atoms with Crippen molar-refractivity contribution in [1.82, 2.24) is 20.2 Å². The summed E-state index contributed by atoms with van der Waals surface area (Å²) in [5, 5.41) is 27.9. The Kier molecular flexibility index (Phi) is 13.2. The third kappa shape index (κ3) is 8.43. The van der Waals surface area contributed by atoms with Crippen molar-refractivity contribution in [3.63, 3.8) is 0 Å². The van der Waals surface area contributed by atoms with Crippen LogP contribution in [0.2, 0.25) is 0 Å². The van der Waals surface area contributed by atoms with Gasteiger partial charge in [-0.05, 0) is 44.0 Å². The lowest BCUT2D eigenvalue weighted by Crippen LogP contribution is -2.34. The van der Waals surface area contributed by atoms with Gasteiger partial charge in [-0.1, -0.05) is 106 Å². The number of carbonyl (C=O) groups is 2. The topological polar surface area (TPSA) is 139 Å². The average molecular weight is 702 g/mol. The van der Waals surface area contributed by atoms with Crippen molar-refractivity contribution in [2.24, 2.45) is 0 Å². The highest BCUT2D eigenvalue weighted by molar-refractivity contribution is 7.20. The number of aliphatic hydroxyl groups is 1. The predicted octanol–water partition coefficient (Wildman–Crippen LogP) is 8.61.